The molecule has 0 aromatic carbocycles. The van der Waals surface area contributed by atoms with Gasteiger partial charge < -0.3 is 9.80 Å². The molecule has 134 valence electrons. The largest absolute Gasteiger partial charge is 0.356 e. The van der Waals surface area contributed by atoms with Gasteiger partial charge >= 0.3 is 0 Å². The van der Waals surface area contributed by atoms with Gasteiger partial charge in [0.1, 0.15) is 18.2 Å². The molecule has 0 amide bonds. The molecule has 5 rings (SSSR count). The Kier molecular flexibility index (Phi) is 3.67. The minimum absolute atomic E-state index is 0.515. The van der Waals surface area contributed by atoms with Gasteiger partial charge in [0.15, 0.2) is 11.6 Å². The highest BCUT2D eigenvalue weighted by molar-refractivity contribution is 5.54. The monoisotopic (exact) mass is 359 g/mol. The minimum Gasteiger partial charge on any atom is -0.356 e. The molecule has 2 atom stereocenters. The molecule has 2 fully saturated rings. The van der Waals surface area contributed by atoms with Crippen LogP contribution in [-0.4, -0.2) is 56.1 Å². The number of fused-ring (bicyclic) bond motifs is 1. The van der Waals surface area contributed by atoms with E-state index in [2.05, 4.69) is 41.1 Å². The molecule has 0 bridgehead atoms. The molecule has 9 nitrogen and oxygen atoms in total. The number of anilines is 2. The van der Waals surface area contributed by atoms with Crippen molar-refractivity contribution in [3.05, 3.63) is 48.7 Å². The van der Waals surface area contributed by atoms with Crippen LogP contribution < -0.4 is 9.80 Å². The highest BCUT2D eigenvalue weighted by Crippen LogP contribution is 2.35. The van der Waals surface area contributed by atoms with Crippen molar-refractivity contribution in [3.63, 3.8) is 0 Å². The second kappa shape index (κ2) is 6.32. The first-order chi connectivity index (χ1) is 13.3. The summed E-state index contributed by atoms with van der Waals surface area (Å²) in [4.78, 5) is 13.3. The first kappa shape index (κ1) is 15.7. The molecule has 5 heterocycles. The van der Waals surface area contributed by atoms with Crippen LogP contribution in [0.2, 0.25) is 0 Å². The Morgan fingerprint density at radius 3 is 2.52 bits per heavy atom. The maximum Gasteiger partial charge on any atom is 0.169 e. The minimum atomic E-state index is 0.515. The molecule has 3 aromatic heterocycles. The molecule has 27 heavy (non-hydrogen) atoms. The van der Waals surface area contributed by atoms with Crippen molar-refractivity contribution in [2.45, 2.75) is 0 Å². The Balaban J connectivity index is 1.32. The quantitative estimate of drug-likeness (QED) is 0.680. The third-order valence-electron chi connectivity index (χ3n) is 5.31. The smallest absolute Gasteiger partial charge is 0.169 e. The van der Waals surface area contributed by atoms with Gasteiger partial charge in [-0.3, -0.25) is 0 Å². The third-order valence-corrected chi connectivity index (χ3v) is 5.31. The zero-order chi connectivity index (χ0) is 18.2. The van der Waals surface area contributed by atoms with Crippen molar-refractivity contribution in [3.8, 4) is 11.9 Å². The first-order valence-electron chi connectivity index (χ1n) is 8.85. The van der Waals surface area contributed by atoms with Gasteiger partial charge in [-0.25, -0.2) is 14.6 Å². The third kappa shape index (κ3) is 2.75. The summed E-state index contributed by atoms with van der Waals surface area (Å²) in [6, 6.07) is 7.78. The molecule has 0 aliphatic carbocycles. The lowest BCUT2D eigenvalue weighted by atomic mass is 10.0. The van der Waals surface area contributed by atoms with Gasteiger partial charge in [0.25, 0.3) is 0 Å². The first-order valence-corrected chi connectivity index (χ1v) is 8.85. The van der Waals surface area contributed by atoms with Crippen LogP contribution in [0.3, 0.4) is 0 Å². The fourth-order valence-corrected chi connectivity index (χ4v) is 4.04. The molecule has 0 saturated carbocycles. The lowest BCUT2D eigenvalue weighted by Gasteiger charge is -2.23. The number of hydrogen-bond donors (Lipinski definition) is 0. The molecule has 9 heteroatoms. The van der Waals surface area contributed by atoms with E-state index in [4.69, 9.17) is 0 Å². The summed E-state index contributed by atoms with van der Waals surface area (Å²) in [5.74, 6) is 3.42. The molecule has 2 saturated heterocycles. The molecule has 3 aromatic rings. The van der Waals surface area contributed by atoms with Gasteiger partial charge in [-0.15, -0.1) is 5.10 Å². The van der Waals surface area contributed by atoms with Crippen LogP contribution in [0.4, 0.5) is 11.6 Å². The van der Waals surface area contributed by atoms with E-state index >= 15 is 0 Å². The average Bonchev–Trinajstić information content (AvgIpc) is 3.44. The van der Waals surface area contributed by atoms with Crippen LogP contribution in [0.25, 0.3) is 5.82 Å². The van der Waals surface area contributed by atoms with E-state index < -0.39 is 0 Å². The predicted octanol–water partition coefficient (Wildman–Crippen LogP) is 0.897. The zero-order valence-corrected chi connectivity index (χ0v) is 14.5. The van der Waals surface area contributed by atoms with Gasteiger partial charge in [-0.05, 0) is 12.1 Å². The van der Waals surface area contributed by atoms with Crippen LogP contribution in [-0.2, 0) is 0 Å². The van der Waals surface area contributed by atoms with Crippen LogP contribution in [0, 0.1) is 23.2 Å². The molecular formula is C18H17N9. The summed E-state index contributed by atoms with van der Waals surface area (Å²) >= 11 is 0. The molecule has 2 aliphatic rings. The van der Waals surface area contributed by atoms with Crippen molar-refractivity contribution in [1.29, 1.82) is 5.26 Å². The second-order valence-corrected chi connectivity index (χ2v) is 6.90. The second-order valence-electron chi connectivity index (χ2n) is 6.90. The molecule has 2 aliphatic heterocycles. The van der Waals surface area contributed by atoms with E-state index in [1.54, 1.807) is 29.5 Å². The number of nitrogens with zero attached hydrogens (tertiary/aromatic N) is 9. The van der Waals surface area contributed by atoms with Crippen molar-refractivity contribution in [2.24, 2.45) is 11.8 Å². The number of hydrogen-bond acceptors (Lipinski definition) is 8. The van der Waals surface area contributed by atoms with Gasteiger partial charge in [0, 0.05) is 56.5 Å². The van der Waals surface area contributed by atoms with E-state index in [1.165, 1.54) is 0 Å². The van der Waals surface area contributed by atoms with E-state index in [0.29, 0.717) is 23.2 Å². The molecule has 0 N–H and O–H groups in total. The van der Waals surface area contributed by atoms with Crippen molar-refractivity contribution in [2.75, 3.05) is 36.0 Å². The molecular weight excluding hydrogens is 342 g/mol. The normalized spacial score (nSPS) is 21.3. The summed E-state index contributed by atoms with van der Waals surface area (Å²) < 4.78 is 1.74. The SMILES string of the molecule is N#Cc1ccnnc1N1CC2CN(c3cc(-n4cccn4)ncn3)CC2C1. The van der Waals surface area contributed by atoms with Crippen molar-refractivity contribution in [1.82, 2.24) is 29.9 Å². The number of nitriles is 1. The van der Waals surface area contributed by atoms with E-state index in [-0.39, 0.29) is 0 Å². The van der Waals surface area contributed by atoms with E-state index in [0.717, 1.165) is 37.8 Å². The van der Waals surface area contributed by atoms with Crippen molar-refractivity contribution < 1.29 is 0 Å². The summed E-state index contributed by atoms with van der Waals surface area (Å²) in [6.45, 7) is 3.62. The van der Waals surface area contributed by atoms with Crippen LogP contribution in [0.1, 0.15) is 5.56 Å². The van der Waals surface area contributed by atoms with Gasteiger partial charge in [-0.2, -0.15) is 15.5 Å². The lowest BCUT2D eigenvalue weighted by Crippen LogP contribution is -2.30. The maximum absolute atomic E-state index is 9.30. The fourth-order valence-electron chi connectivity index (χ4n) is 4.04. The Bertz CT molecular complexity index is 980. The van der Waals surface area contributed by atoms with E-state index in [9.17, 15) is 5.26 Å². The maximum atomic E-state index is 9.30. The van der Waals surface area contributed by atoms with Crippen molar-refractivity contribution >= 4 is 11.6 Å². The fraction of sp³-hybridized carbons (Fsp3) is 0.333. The topological polar surface area (TPSA) is 99.7 Å². The summed E-state index contributed by atoms with van der Waals surface area (Å²) in [7, 11) is 0. The summed E-state index contributed by atoms with van der Waals surface area (Å²) in [5, 5.41) is 21.7. The summed E-state index contributed by atoms with van der Waals surface area (Å²) in [5.41, 5.74) is 0.585. The Hall–Kier alpha value is -3.54. The number of rotatable bonds is 3. The Morgan fingerprint density at radius 1 is 1.00 bits per heavy atom. The van der Waals surface area contributed by atoms with Crippen LogP contribution in [0.5, 0.6) is 0 Å². The summed E-state index contributed by atoms with van der Waals surface area (Å²) in [6.07, 6.45) is 6.76. The zero-order valence-electron chi connectivity index (χ0n) is 14.5. The molecule has 0 spiro atoms. The Labute approximate surface area is 155 Å². The standard InChI is InChI=1S/C18H17N9/c19-7-13-2-4-22-24-18(13)26-10-14-8-25(9-15(14)11-26)16-6-17(21-12-20-16)27-5-1-3-23-27/h1-6,12,14-15H,8-11H2. The molecule has 0 radical (unpaired) electrons. The Morgan fingerprint density at radius 2 is 1.78 bits per heavy atom. The van der Waals surface area contributed by atoms with Crippen LogP contribution >= 0.6 is 0 Å². The highest BCUT2D eigenvalue weighted by atomic mass is 15.3. The van der Waals surface area contributed by atoms with E-state index in [1.807, 2.05) is 18.3 Å². The highest BCUT2D eigenvalue weighted by Gasteiger charge is 2.41. The number of aromatic nitrogens is 6. The predicted molar refractivity (Wildman–Crippen MR) is 97.3 cm³/mol. The average molecular weight is 359 g/mol. The van der Waals surface area contributed by atoms with Gasteiger partial charge in [-0.1, -0.05) is 0 Å². The van der Waals surface area contributed by atoms with Crippen LogP contribution in [0.15, 0.2) is 43.1 Å². The van der Waals surface area contributed by atoms with Gasteiger partial charge in [0.2, 0.25) is 0 Å². The molecule has 2 unspecified atom stereocenters. The van der Waals surface area contributed by atoms with Gasteiger partial charge in [0.05, 0.1) is 11.8 Å². The lowest BCUT2D eigenvalue weighted by molar-refractivity contribution is 0.533.